The predicted molar refractivity (Wildman–Crippen MR) is 57.3 cm³/mol. The van der Waals surface area contributed by atoms with Gasteiger partial charge in [0.1, 0.15) is 11.5 Å². The van der Waals surface area contributed by atoms with Crippen molar-refractivity contribution in [3.8, 4) is 0 Å². The van der Waals surface area contributed by atoms with Gasteiger partial charge in [-0.05, 0) is 31.3 Å². The molecule has 0 radical (unpaired) electrons. The van der Waals surface area contributed by atoms with E-state index in [1.54, 1.807) is 0 Å². The third kappa shape index (κ3) is 1.49. The summed E-state index contributed by atoms with van der Waals surface area (Å²) >= 11 is 0. The summed E-state index contributed by atoms with van der Waals surface area (Å²) in [6.07, 6.45) is 2.51. The van der Waals surface area contributed by atoms with Crippen molar-refractivity contribution in [2.24, 2.45) is 0 Å². The summed E-state index contributed by atoms with van der Waals surface area (Å²) in [6, 6.07) is 0. The van der Waals surface area contributed by atoms with Crippen LogP contribution in [0, 0.1) is 0 Å². The van der Waals surface area contributed by atoms with Crippen LogP contribution >= 0.6 is 0 Å². The Balaban J connectivity index is 2.46. The summed E-state index contributed by atoms with van der Waals surface area (Å²) in [5.74, 6) is 2.22. The number of nitrogens with zero attached hydrogens (tertiary/aromatic N) is 1. The second-order valence-corrected chi connectivity index (χ2v) is 4.52. The van der Waals surface area contributed by atoms with Crippen LogP contribution in [0.4, 0.5) is 0 Å². The first kappa shape index (κ1) is 9.50. The second-order valence-electron chi connectivity index (χ2n) is 4.52. The van der Waals surface area contributed by atoms with Crippen molar-refractivity contribution in [1.82, 2.24) is 5.16 Å². The fourth-order valence-corrected chi connectivity index (χ4v) is 1.82. The molecule has 1 heterocycles. The molecule has 2 nitrogen and oxygen atoms in total. The van der Waals surface area contributed by atoms with Crippen molar-refractivity contribution in [3.05, 3.63) is 23.6 Å². The number of hydrogen-bond acceptors (Lipinski definition) is 2. The van der Waals surface area contributed by atoms with Crippen molar-refractivity contribution in [2.45, 2.75) is 45.4 Å². The van der Waals surface area contributed by atoms with Crippen molar-refractivity contribution < 1.29 is 4.52 Å². The lowest BCUT2D eigenvalue weighted by Gasteiger charge is -2.06. The van der Waals surface area contributed by atoms with E-state index in [1.165, 1.54) is 18.4 Å². The Morgan fingerprint density at radius 3 is 2.57 bits per heavy atom. The normalized spacial score (nSPS) is 16.3. The zero-order valence-corrected chi connectivity index (χ0v) is 9.13. The maximum Gasteiger partial charge on any atom is 0.143 e. The zero-order valence-electron chi connectivity index (χ0n) is 9.13. The Bertz CT molecular complexity index is 358. The van der Waals surface area contributed by atoms with Crippen LogP contribution in [-0.2, 0) is 0 Å². The van der Waals surface area contributed by atoms with Gasteiger partial charge in [0.05, 0.1) is 0 Å². The van der Waals surface area contributed by atoms with E-state index in [-0.39, 0.29) is 0 Å². The van der Waals surface area contributed by atoms with Gasteiger partial charge in [-0.25, -0.2) is 0 Å². The minimum absolute atomic E-state index is 0.476. The van der Waals surface area contributed by atoms with E-state index >= 15 is 0 Å². The highest BCUT2D eigenvalue weighted by Gasteiger charge is 2.33. The number of hydrogen-bond donors (Lipinski definition) is 0. The van der Waals surface area contributed by atoms with Gasteiger partial charge in [0.25, 0.3) is 0 Å². The maximum atomic E-state index is 5.43. The molecule has 1 saturated carbocycles. The molecule has 76 valence electrons. The van der Waals surface area contributed by atoms with Crippen LogP contribution in [-0.4, -0.2) is 5.16 Å². The first-order valence-electron chi connectivity index (χ1n) is 5.26. The van der Waals surface area contributed by atoms with Crippen LogP contribution in [0.25, 0.3) is 5.57 Å². The smallest absolute Gasteiger partial charge is 0.143 e. The monoisotopic (exact) mass is 191 g/mol. The molecular formula is C12H17NO. The molecular weight excluding hydrogens is 174 g/mol. The Hall–Kier alpha value is -1.05. The van der Waals surface area contributed by atoms with Gasteiger partial charge in [-0.15, -0.1) is 0 Å². The van der Waals surface area contributed by atoms with Crippen LogP contribution in [0.1, 0.15) is 62.5 Å². The lowest BCUT2D eigenvalue weighted by Crippen LogP contribution is -1.94. The van der Waals surface area contributed by atoms with Crippen LogP contribution in [0.15, 0.2) is 11.1 Å². The van der Waals surface area contributed by atoms with Crippen LogP contribution in [0.2, 0.25) is 0 Å². The summed E-state index contributed by atoms with van der Waals surface area (Å²) in [5.41, 5.74) is 3.26. The molecule has 2 heteroatoms. The van der Waals surface area contributed by atoms with E-state index < -0.39 is 0 Å². The predicted octanol–water partition coefficient (Wildman–Crippen LogP) is 3.71. The van der Waals surface area contributed by atoms with Gasteiger partial charge in [-0.2, -0.15) is 0 Å². The molecule has 0 aliphatic heterocycles. The van der Waals surface area contributed by atoms with E-state index in [2.05, 4.69) is 25.6 Å². The summed E-state index contributed by atoms with van der Waals surface area (Å²) in [6.45, 7) is 10.3. The van der Waals surface area contributed by atoms with Crippen LogP contribution in [0.3, 0.4) is 0 Å². The summed E-state index contributed by atoms with van der Waals surface area (Å²) < 4.78 is 5.43. The number of allylic oxidation sites excluding steroid dienone is 1. The summed E-state index contributed by atoms with van der Waals surface area (Å²) in [4.78, 5) is 0. The van der Waals surface area contributed by atoms with Gasteiger partial charge in [-0.1, -0.05) is 25.6 Å². The number of rotatable bonds is 3. The standard InChI is InChI=1S/C12H17NO/c1-7(2)10-11(8(3)4)13-14-12(10)9-5-6-9/h7,9H,3,5-6H2,1-2,4H3. The van der Waals surface area contributed by atoms with Gasteiger partial charge >= 0.3 is 0 Å². The Kier molecular flexibility index (Phi) is 2.22. The van der Waals surface area contributed by atoms with Crippen molar-refractivity contribution in [3.63, 3.8) is 0 Å². The molecule has 1 aromatic heterocycles. The van der Waals surface area contributed by atoms with E-state index in [9.17, 15) is 0 Å². The molecule has 1 fully saturated rings. The molecule has 0 spiro atoms. The molecule has 14 heavy (non-hydrogen) atoms. The van der Waals surface area contributed by atoms with E-state index in [0.717, 1.165) is 17.0 Å². The number of aromatic nitrogens is 1. The molecule has 0 bridgehead atoms. The average molecular weight is 191 g/mol. The lowest BCUT2D eigenvalue weighted by molar-refractivity contribution is 0.380. The average Bonchev–Trinajstić information content (AvgIpc) is 2.83. The van der Waals surface area contributed by atoms with Gasteiger partial charge in [0.2, 0.25) is 0 Å². The minimum atomic E-state index is 0.476. The van der Waals surface area contributed by atoms with E-state index in [1.807, 2.05) is 6.92 Å². The van der Waals surface area contributed by atoms with E-state index in [4.69, 9.17) is 4.52 Å². The molecule has 0 unspecified atom stereocenters. The highest BCUT2D eigenvalue weighted by molar-refractivity contribution is 5.62. The second kappa shape index (κ2) is 3.26. The Morgan fingerprint density at radius 1 is 1.50 bits per heavy atom. The molecule has 1 aliphatic carbocycles. The highest BCUT2D eigenvalue weighted by Crippen LogP contribution is 2.45. The Labute approximate surface area is 85.0 Å². The summed E-state index contributed by atoms with van der Waals surface area (Å²) in [7, 11) is 0. The molecule has 0 amide bonds. The first-order chi connectivity index (χ1) is 6.61. The van der Waals surface area contributed by atoms with Crippen molar-refractivity contribution >= 4 is 5.57 Å². The van der Waals surface area contributed by atoms with Crippen LogP contribution < -0.4 is 0 Å². The fourth-order valence-electron chi connectivity index (χ4n) is 1.82. The lowest BCUT2D eigenvalue weighted by atomic mass is 9.96. The molecule has 0 N–H and O–H groups in total. The fraction of sp³-hybridized carbons (Fsp3) is 0.583. The topological polar surface area (TPSA) is 26.0 Å². The highest BCUT2D eigenvalue weighted by atomic mass is 16.5. The molecule has 0 saturated heterocycles. The quantitative estimate of drug-likeness (QED) is 0.728. The third-order valence-corrected chi connectivity index (χ3v) is 2.69. The molecule has 0 atom stereocenters. The Morgan fingerprint density at radius 2 is 2.14 bits per heavy atom. The third-order valence-electron chi connectivity index (χ3n) is 2.69. The SMILES string of the molecule is C=C(C)c1noc(C2CC2)c1C(C)C. The maximum absolute atomic E-state index is 5.43. The zero-order chi connectivity index (χ0) is 10.3. The van der Waals surface area contributed by atoms with Crippen LogP contribution in [0.5, 0.6) is 0 Å². The van der Waals surface area contributed by atoms with Crippen molar-refractivity contribution in [1.29, 1.82) is 0 Å². The summed E-state index contributed by atoms with van der Waals surface area (Å²) in [5, 5.41) is 4.12. The molecule has 0 aromatic carbocycles. The van der Waals surface area contributed by atoms with E-state index in [0.29, 0.717) is 11.8 Å². The van der Waals surface area contributed by atoms with Crippen molar-refractivity contribution in [2.75, 3.05) is 0 Å². The minimum Gasteiger partial charge on any atom is -0.360 e. The van der Waals surface area contributed by atoms with Gasteiger partial charge < -0.3 is 4.52 Å². The first-order valence-corrected chi connectivity index (χ1v) is 5.26. The molecule has 2 rings (SSSR count). The van der Waals surface area contributed by atoms with Gasteiger partial charge in [0, 0.05) is 11.5 Å². The molecule has 1 aliphatic rings. The molecule has 1 aromatic rings. The van der Waals surface area contributed by atoms with Gasteiger partial charge in [-0.3, -0.25) is 0 Å². The largest absolute Gasteiger partial charge is 0.360 e. The van der Waals surface area contributed by atoms with Gasteiger partial charge in [0.15, 0.2) is 0 Å².